The summed E-state index contributed by atoms with van der Waals surface area (Å²) in [5.74, 6) is 0.743. The van der Waals surface area contributed by atoms with Crippen molar-refractivity contribution in [3.8, 4) is 5.82 Å². The fourth-order valence-corrected chi connectivity index (χ4v) is 0.893. The fourth-order valence-electron chi connectivity index (χ4n) is 0.893. The Hall–Kier alpha value is -2.47. The van der Waals surface area contributed by atoms with Crippen LogP contribution in [-0.4, -0.2) is 25.0 Å². The van der Waals surface area contributed by atoms with E-state index in [-0.39, 0.29) is 5.82 Å². The topological polar surface area (TPSA) is 105 Å². The molecule has 0 amide bonds. The Bertz CT molecular complexity index is 468. The van der Waals surface area contributed by atoms with E-state index in [0.717, 1.165) is 0 Å². The zero-order valence-corrected chi connectivity index (χ0v) is 6.89. The molecular formula is C6H4N8. The third kappa shape index (κ3) is 1.50. The molecule has 8 heteroatoms. The highest BCUT2D eigenvalue weighted by Crippen LogP contribution is 2.10. The standard InChI is InChI=1S/C6H4N8/c7-12-11-5-3-6(9-4-8-5)14-2-1-10-13-14/h1-4H. The fraction of sp³-hybridized carbons (Fsp3) is 0. The minimum Gasteiger partial charge on any atom is -0.235 e. The van der Waals surface area contributed by atoms with Crippen molar-refractivity contribution in [1.29, 1.82) is 0 Å². The van der Waals surface area contributed by atoms with Crippen molar-refractivity contribution >= 4 is 5.82 Å². The molecule has 8 nitrogen and oxygen atoms in total. The van der Waals surface area contributed by atoms with Gasteiger partial charge in [0, 0.05) is 11.0 Å². The Labute approximate surface area is 77.9 Å². The molecule has 2 aromatic heterocycles. The van der Waals surface area contributed by atoms with Gasteiger partial charge in [-0.3, -0.25) is 0 Å². The van der Waals surface area contributed by atoms with Crippen LogP contribution in [0.1, 0.15) is 0 Å². The van der Waals surface area contributed by atoms with E-state index < -0.39 is 0 Å². The highest BCUT2D eigenvalue weighted by molar-refractivity contribution is 5.34. The quantitative estimate of drug-likeness (QED) is 0.398. The van der Waals surface area contributed by atoms with Gasteiger partial charge >= 0.3 is 0 Å². The highest BCUT2D eigenvalue weighted by Gasteiger charge is 1.99. The molecule has 0 radical (unpaired) electrons. The number of azide groups is 1. The SMILES string of the molecule is [N-]=[N+]=Nc1cc(-n2ccnn2)ncn1. The largest absolute Gasteiger partial charge is 0.235 e. The van der Waals surface area contributed by atoms with Crippen molar-refractivity contribution in [2.24, 2.45) is 5.11 Å². The molecule has 0 aliphatic heterocycles. The van der Waals surface area contributed by atoms with Gasteiger partial charge in [-0.2, -0.15) is 0 Å². The first-order valence-electron chi connectivity index (χ1n) is 3.64. The molecule has 0 fully saturated rings. The summed E-state index contributed by atoms with van der Waals surface area (Å²) in [6, 6.07) is 1.51. The molecule has 0 spiro atoms. The van der Waals surface area contributed by atoms with Crippen LogP contribution in [0.25, 0.3) is 16.3 Å². The van der Waals surface area contributed by atoms with E-state index in [9.17, 15) is 0 Å². The van der Waals surface area contributed by atoms with Crippen molar-refractivity contribution < 1.29 is 0 Å². The smallest absolute Gasteiger partial charge is 0.158 e. The minimum atomic E-state index is 0.244. The minimum absolute atomic E-state index is 0.244. The van der Waals surface area contributed by atoms with Gasteiger partial charge in [0.2, 0.25) is 0 Å². The molecule has 0 saturated heterocycles. The average Bonchev–Trinajstić information content (AvgIpc) is 2.71. The molecule has 0 unspecified atom stereocenters. The van der Waals surface area contributed by atoms with Crippen LogP contribution in [0.15, 0.2) is 29.9 Å². The zero-order chi connectivity index (χ0) is 9.80. The summed E-state index contributed by atoms with van der Waals surface area (Å²) in [6.07, 6.45) is 4.44. The van der Waals surface area contributed by atoms with Gasteiger partial charge in [-0.05, 0) is 10.6 Å². The van der Waals surface area contributed by atoms with E-state index in [1.54, 1.807) is 6.20 Å². The second kappa shape index (κ2) is 3.50. The molecule has 0 aliphatic rings. The number of nitrogens with zero attached hydrogens (tertiary/aromatic N) is 8. The van der Waals surface area contributed by atoms with Crippen LogP contribution in [0.2, 0.25) is 0 Å². The molecule has 0 N–H and O–H groups in total. The first-order chi connectivity index (χ1) is 6.90. The lowest BCUT2D eigenvalue weighted by atomic mass is 10.5. The number of hydrogen-bond acceptors (Lipinski definition) is 5. The van der Waals surface area contributed by atoms with E-state index >= 15 is 0 Å². The van der Waals surface area contributed by atoms with Crippen LogP contribution >= 0.6 is 0 Å². The van der Waals surface area contributed by atoms with Gasteiger partial charge in [-0.15, -0.1) is 5.10 Å². The number of aromatic nitrogens is 5. The lowest BCUT2D eigenvalue weighted by Crippen LogP contribution is -1.98. The Morgan fingerprint density at radius 2 is 2.36 bits per heavy atom. The van der Waals surface area contributed by atoms with Gasteiger partial charge < -0.3 is 0 Å². The monoisotopic (exact) mass is 188 g/mol. The molecule has 2 rings (SSSR count). The maximum absolute atomic E-state index is 8.20. The molecule has 0 atom stereocenters. The molecular weight excluding hydrogens is 184 g/mol. The van der Waals surface area contributed by atoms with Gasteiger partial charge in [-0.25, -0.2) is 14.6 Å². The van der Waals surface area contributed by atoms with Crippen LogP contribution in [0.4, 0.5) is 5.82 Å². The van der Waals surface area contributed by atoms with Crippen LogP contribution in [0.3, 0.4) is 0 Å². The summed E-state index contributed by atoms with van der Waals surface area (Å²) < 4.78 is 1.44. The van der Waals surface area contributed by atoms with Crippen LogP contribution in [0, 0.1) is 0 Å². The average molecular weight is 188 g/mol. The van der Waals surface area contributed by atoms with Gasteiger partial charge in [0.25, 0.3) is 0 Å². The Kier molecular flexibility index (Phi) is 2.04. The van der Waals surface area contributed by atoms with E-state index in [0.29, 0.717) is 5.82 Å². The lowest BCUT2D eigenvalue weighted by Gasteiger charge is -1.97. The molecule has 2 aromatic rings. The maximum atomic E-state index is 8.20. The van der Waals surface area contributed by atoms with E-state index in [1.807, 2.05) is 0 Å². The number of hydrogen-bond donors (Lipinski definition) is 0. The van der Waals surface area contributed by atoms with Crippen LogP contribution in [0.5, 0.6) is 0 Å². The lowest BCUT2D eigenvalue weighted by molar-refractivity contribution is 0.777. The van der Waals surface area contributed by atoms with Gasteiger partial charge in [0.05, 0.1) is 12.4 Å². The van der Waals surface area contributed by atoms with Crippen molar-refractivity contribution in [3.63, 3.8) is 0 Å². The summed E-state index contributed by atoms with van der Waals surface area (Å²) in [4.78, 5) is 10.3. The van der Waals surface area contributed by atoms with Crippen molar-refractivity contribution in [1.82, 2.24) is 25.0 Å². The predicted molar refractivity (Wildman–Crippen MR) is 45.8 cm³/mol. The Morgan fingerprint density at radius 3 is 3.07 bits per heavy atom. The first kappa shape index (κ1) is 8.14. The molecule has 0 aliphatic carbocycles. The molecule has 0 bridgehead atoms. The van der Waals surface area contributed by atoms with Gasteiger partial charge in [-0.1, -0.05) is 5.21 Å². The second-order valence-electron chi connectivity index (χ2n) is 2.27. The normalized spacial score (nSPS) is 9.43. The van der Waals surface area contributed by atoms with E-state index in [4.69, 9.17) is 5.53 Å². The predicted octanol–water partition coefficient (Wildman–Crippen LogP) is 0.999. The third-order valence-electron chi connectivity index (χ3n) is 1.44. The summed E-state index contributed by atoms with van der Waals surface area (Å²) >= 11 is 0. The second-order valence-corrected chi connectivity index (χ2v) is 2.27. The molecule has 0 saturated carbocycles. The summed E-state index contributed by atoms with van der Waals surface area (Å²) in [5.41, 5.74) is 8.20. The Morgan fingerprint density at radius 1 is 1.43 bits per heavy atom. The summed E-state index contributed by atoms with van der Waals surface area (Å²) in [5, 5.41) is 10.7. The third-order valence-corrected chi connectivity index (χ3v) is 1.44. The van der Waals surface area contributed by atoms with Crippen LogP contribution < -0.4 is 0 Å². The van der Waals surface area contributed by atoms with Crippen molar-refractivity contribution in [2.45, 2.75) is 0 Å². The highest BCUT2D eigenvalue weighted by atomic mass is 15.4. The van der Waals surface area contributed by atoms with Crippen molar-refractivity contribution in [2.75, 3.05) is 0 Å². The molecule has 14 heavy (non-hydrogen) atoms. The van der Waals surface area contributed by atoms with Gasteiger partial charge in [0.1, 0.15) is 12.1 Å². The number of rotatable bonds is 2. The molecule has 68 valence electrons. The first-order valence-corrected chi connectivity index (χ1v) is 3.64. The molecule has 2 heterocycles. The summed E-state index contributed by atoms with van der Waals surface area (Å²) in [7, 11) is 0. The van der Waals surface area contributed by atoms with Gasteiger partial charge in [0.15, 0.2) is 5.82 Å². The Balaban J connectivity index is 2.45. The maximum Gasteiger partial charge on any atom is 0.158 e. The summed E-state index contributed by atoms with van der Waals surface area (Å²) in [6.45, 7) is 0. The van der Waals surface area contributed by atoms with E-state index in [1.165, 1.54) is 23.3 Å². The van der Waals surface area contributed by atoms with Crippen molar-refractivity contribution in [3.05, 3.63) is 35.2 Å². The zero-order valence-electron chi connectivity index (χ0n) is 6.89. The van der Waals surface area contributed by atoms with Crippen LogP contribution in [-0.2, 0) is 0 Å². The van der Waals surface area contributed by atoms with E-state index in [2.05, 4.69) is 30.3 Å². The molecule has 0 aromatic carbocycles.